The van der Waals surface area contributed by atoms with E-state index in [1.165, 1.54) is 0 Å². The van der Waals surface area contributed by atoms with Gasteiger partial charge in [0.2, 0.25) is 5.88 Å². The summed E-state index contributed by atoms with van der Waals surface area (Å²) in [6.07, 6.45) is -7.37. The molecule has 0 aliphatic heterocycles. The Kier molecular flexibility index (Phi) is 4.85. The summed E-state index contributed by atoms with van der Waals surface area (Å²) >= 11 is 2.85. The third kappa shape index (κ3) is 3.52. The van der Waals surface area contributed by atoms with Gasteiger partial charge >= 0.3 is 6.36 Å². The van der Waals surface area contributed by atoms with Crippen LogP contribution in [0.5, 0.6) is 5.88 Å². The first-order chi connectivity index (χ1) is 8.30. The van der Waals surface area contributed by atoms with Crippen LogP contribution in [-0.4, -0.2) is 16.5 Å². The Balaban J connectivity index is 3.30. The molecule has 1 aromatic heterocycles. The number of pyridine rings is 1. The van der Waals surface area contributed by atoms with E-state index in [0.717, 1.165) is 0 Å². The predicted octanol–water partition coefficient (Wildman–Crippen LogP) is 3.31. The first-order valence-corrected chi connectivity index (χ1v) is 5.63. The van der Waals surface area contributed by atoms with E-state index in [4.69, 9.17) is 5.11 Å². The second kappa shape index (κ2) is 5.79. The number of rotatable bonds is 4. The Morgan fingerprint density at radius 3 is 2.33 bits per heavy atom. The lowest BCUT2D eigenvalue weighted by atomic mass is 10.1. The molecule has 1 rings (SSSR count). The van der Waals surface area contributed by atoms with Crippen LogP contribution in [-0.2, 0) is 11.9 Å². The quantitative estimate of drug-likeness (QED) is 0.678. The monoisotopic (exact) mass is 335 g/mol. The van der Waals surface area contributed by atoms with Crippen LogP contribution in [0.15, 0.2) is 6.20 Å². The Labute approximate surface area is 107 Å². The summed E-state index contributed by atoms with van der Waals surface area (Å²) in [6, 6.07) is 0. The van der Waals surface area contributed by atoms with Crippen molar-refractivity contribution in [1.29, 1.82) is 0 Å². The van der Waals surface area contributed by atoms with Crippen LogP contribution in [0.1, 0.15) is 23.1 Å². The van der Waals surface area contributed by atoms with E-state index in [-0.39, 0.29) is 16.5 Å². The molecule has 0 amide bonds. The highest BCUT2D eigenvalue weighted by molar-refractivity contribution is 9.08. The van der Waals surface area contributed by atoms with Gasteiger partial charge < -0.3 is 9.84 Å². The van der Waals surface area contributed by atoms with Crippen molar-refractivity contribution in [1.82, 2.24) is 4.98 Å². The molecular formula is C9H7BrF5NO2. The normalized spacial score (nSPS) is 12.0. The standard InChI is InChI=1S/C9H7BrF5NO2/c10-1-4-6(3-17)5(7(11)12)2-16-8(4)18-9(13,14)15/h2,7,17H,1,3H2. The number of hydrogen-bond acceptors (Lipinski definition) is 3. The maximum absolute atomic E-state index is 12.6. The second-order valence-corrected chi connectivity index (χ2v) is 3.68. The molecule has 0 radical (unpaired) electrons. The first kappa shape index (κ1) is 15.1. The lowest BCUT2D eigenvalue weighted by Gasteiger charge is -2.16. The molecule has 0 bridgehead atoms. The van der Waals surface area contributed by atoms with Gasteiger partial charge in [-0.2, -0.15) is 0 Å². The van der Waals surface area contributed by atoms with Crippen molar-refractivity contribution >= 4 is 15.9 Å². The van der Waals surface area contributed by atoms with Crippen LogP contribution >= 0.6 is 15.9 Å². The van der Waals surface area contributed by atoms with Crippen molar-refractivity contribution in [3.05, 3.63) is 22.9 Å². The summed E-state index contributed by atoms with van der Waals surface area (Å²) in [7, 11) is 0. The van der Waals surface area contributed by atoms with E-state index < -0.39 is 30.8 Å². The molecule has 1 heterocycles. The third-order valence-corrected chi connectivity index (χ3v) is 2.59. The van der Waals surface area contributed by atoms with Crippen LogP contribution in [0, 0.1) is 0 Å². The molecule has 9 heteroatoms. The molecule has 0 atom stereocenters. The summed E-state index contributed by atoms with van der Waals surface area (Å²) in [5, 5.41) is 8.78. The summed E-state index contributed by atoms with van der Waals surface area (Å²) in [5.74, 6) is -0.854. The maximum Gasteiger partial charge on any atom is 0.574 e. The highest BCUT2D eigenvalue weighted by atomic mass is 79.9. The van der Waals surface area contributed by atoms with Gasteiger partial charge in [0.15, 0.2) is 0 Å². The molecule has 1 aromatic rings. The van der Waals surface area contributed by atoms with Crippen molar-refractivity contribution in [2.75, 3.05) is 0 Å². The van der Waals surface area contributed by atoms with Crippen molar-refractivity contribution in [2.45, 2.75) is 24.7 Å². The van der Waals surface area contributed by atoms with E-state index >= 15 is 0 Å². The van der Waals surface area contributed by atoms with Crippen molar-refractivity contribution < 1.29 is 31.8 Å². The average Bonchev–Trinajstić information content (AvgIpc) is 2.25. The highest BCUT2D eigenvalue weighted by Gasteiger charge is 2.34. The first-order valence-electron chi connectivity index (χ1n) is 4.51. The van der Waals surface area contributed by atoms with Crippen LogP contribution in [0.4, 0.5) is 22.0 Å². The van der Waals surface area contributed by atoms with Gasteiger partial charge in [-0.15, -0.1) is 13.2 Å². The summed E-state index contributed by atoms with van der Waals surface area (Å²) < 4.78 is 64.9. The van der Waals surface area contributed by atoms with Gasteiger partial charge in [-0.3, -0.25) is 0 Å². The van der Waals surface area contributed by atoms with Crippen molar-refractivity contribution in [3.8, 4) is 5.88 Å². The molecule has 0 fully saturated rings. The zero-order chi connectivity index (χ0) is 13.9. The smallest absolute Gasteiger partial charge is 0.392 e. The number of ether oxygens (including phenoxy) is 1. The fraction of sp³-hybridized carbons (Fsp3) is 0.444. The molecule has 1 N–H and O–H groups in total. The third-order valence-electron chi connectivity index (χ3n) is 2.03. The van der Waals surface area contributed by atoms with E-state index in [1.807, 2.05) is 0 Å². The fourth-order valence-electron chi connectivity index (χ4n) is 1.30. The molecule has 0 saturated heterocycles. The Hall–Kier alpha value is -0.960. The lowest BCUT2D eigenvalue weighted by molar-refractivity contribution is -0.276. The minimum absolute atomic E-state index is 0.206. The molecule has 0 aromatic carbocycles. The van der Waals surface area contributed by atoms with E-state index in [9.17, 15) is 22.0 Å². The Morgan fingerprint density at radius 2 is 1.94 bits per heavy atom. The number of aliphatic hydroxyl groups is 1. The molecule has 0 aliphatic rings. The summed E-state index contributed by atoms with van der Waals surface area (Å²) in [5.41, 5.74) is -1.20. The van der Waals surface area contributed by atoms with Crippen molar-refractivity contribution in [2.24, 2.45) is 0 Å². The lowest BCUT2D eigenvalue weighted by Crippen LogP contribution is -2.20. The van der Waals surface area contributed by atoms with Gasteiger partial charge in [-0.25, -0.2) is 13.8 Å². The highest BCUT2D eigenvalue weighted by Crippen LogP contribution is 2.33. The van der Waals surface area contributed by atoms with Gasteiger partial charge in [0, 0.05) is 22.7 Å². The van der Waals surface area contributed by atoms with Crippen LogP contribution in [0.2, 0.25) is 0 Å². The largest absolute Gasteiger partial charge is 0.574 e. The second-order valence-electron chi connectivity index (χ2n) is 3.12. The average molecular weight is 336 g/mol. The van der Waals surface area contributed by atoms with Gasteiger partial charge in [-0.05, 0) is 5.56 Å². The number of halogens is 6. The summed E-state index contributed by atoms with van der Waals surface area (Å²) in [4.78, 5) is 3.20. The zero-order valence-electron chi connectivity index (χ0n) is 8.64. The fourth-order valence-corrected chi connectivity index (χ4v) is 1.88. The number of alkyl halides is 6. The molecule has 3 nitrogen and oxygen atoms in total. The van der Waals surface area contributed by atoms with Gasteiger partial charge in [0.1, 0.15) is 0 Å². The number of aromatic nitrogens is 1. The molecule has 0 aliphatic carbocycles. The number of hydrogen-bond donors (Lipinski definition) is 1. The molecule has 18 heavy (non-hydrogen) atoms. The molecule has 0 spiro atoms. The zero-order valence-corrected chi connectivity index (χ0v) is 10.2. The Bertz CT molecular complexity index is 424. The van der Waals surface area contributed by atoms with E-state index in [0.29, 0.717) is 6.20 Å². The molecule has 0 saturated carbocycles. The van der Waals surface area contributed by atoms with Crippen LogP contribution in [0.25, 0.3) is 0 Å². The van der Waals surface area contributed by atoms with E-state index in [2.05, 4.69) is 25.7 Å². The minimum Gasteiger partial charge on any atom is -0.392 e. The van der Waals surface area contributed by atoms with Gasteiger partial charge in [0.25, 0.3) is 6.43 Å². The summed E-state index contributed by atoms with van der Waals surface area (Å²) in [6.45, 7) is -0.836. The van der Waals surface area contributed by atoms with Crippen molar-refractivity contribution in [3.63, 3.8) is 0 Å². The van der Waals surface area contributed by atoms with Gasteiger partial charge in [-0.1, -0.05) is 15.9 Å². The Morgan fingerprint density at radius 1 is 1.33 bits per heavy atom. The SMILES string of the molecule is OCc1c(C(F)F)cnc(OC(F)(F)F)c1CBr. The maximum atomic E-state index is 12.6. The number of nitrogens with zero attached hydrogens (tertiary/aromatic N) is 1. The topological polar surface area (TPSA) is 42.4 Å². The number of aliphatic hydroxyl groups excluding tert-OH is 1. The molecular weight excluding hydrogens is 329 g/mol. The van der Waals surface area contributed by atoms with Gasteiger partial charge in [0.05, 0.1) is 6.61 Å². The van der Waals surface area contributed by atoms with Crippen LogP contribution < -0.4 is 4.74 Å². The predicted molar refractivity (Wildman–Crippen MR) is 54.4 cm³/mol. The molecule has 102 valence electrons. The minimum atomic E-state index is -4.98. The van der Waals surface area contributed by atoms with Crippen LogP contribution in [0.3, 0.4) is 0 Å². The van der Waals surface area contributed by atoms with E-state index in [1.54, 1.807) is 0 Å². The molecule has 0 unspecified atom stereocenters.